The van der Waals surface area contributed by atoms with E-state index in [0.717, 1.165) is 28.1 Å². The van der Waals surface area contributed by atoms with E-state index < -0.39 is 11.6 Å². The van der Waals surface area contributed by atoms with Crippen LogP contribution in [0.5, 0.6) is 0 Å². The summed E-state index contributed by atoms with van der Waals surface area (Å²) in [7, 11) is 0. The molecule has 4 rings (SSSR count). The van der Waals surface area contributed by atoms with E-state index in [1.54, 1.807) is 18.6 Å². The third kappa shape index (κ3) is 2.36. The van der Waals surface area contributed by atoms with Crippen molar-refractivity contribution in [3.63, 3.8) is 0 Å². The molecule has 0 saturated heterocycles. The lowest BCUT2D eigenvalue weighted by Crippen LogP contribution is -1.98. The number of pyridine rings is 1. The molecule has 0 aliphatic carbocycles. The van der Waals surface area contributed by atoms with Gasteiger partial charge in [-0.25, -0.2) is 13.5 Å². The number of aromatic nitrogens is 3. The van der Waals surface area contributed by atoms with E-state index in [1.807, 2.05) is 30.3 Å². The Morgan fingerprint density at radius 2 is 1.83 bits per heavy atom. The van der Waals surface area contributed by atoms with Gasteiger partial charge in [0.05, 0.1) is 11.7 Å². The van der Waals surface area contributed by atoms with Gasteiger partial charge in [0.15, 0.2) is 5.82 Å². The summed E-state index contributed by atoms with van der Waals surface area (Å²) >= 11 is 0. The van der Waals surface area contributed by atoms with E-state index >= 15 is 0 Å². The highest BCUT2D eigenvalue weighted by atomic mass is 19.1. The van der Waals surface area contributed by atoms with Crippen LogP contribution in [0.2, 0.25) is 0 Å². The molecule has 0 fully saturated rings. The predicted molar refractivity (Wildman–Crippen MR) is 84.2 cm³/mol. The molecule has 0 saturated carbocycles. The molecule has 0 aliphatic rings. The molecule has 0 spiro atoms. The van der Waals surface area contributed by atoms with Crippen LogP contribution >= 0.6 is 0 Å². The quantitative estimate of drug-likeness (QED) is 0.550. The van der Waals surface area contributed by atoms with Crippen LogP contribution in [0.25, 0.3) is 27.7 Å². The predicted octanol–water partition coefficient (Wildman–Crippen LogP) is 4.37. The maximum absolute atomic E-state index is 13.9. The SMILES string of the molecule is Fc1ccc(-n2cc(-c3ccnc4ccccc34)cn2)c(F)c1. The normalized spacial score (nSPS) is 11.0. The van der Waals surface area contributed by atoms with Crippen molar-refractivity contribution in [3.05, 3.63) is 78.8 Å². The summed E-state index contributed by atoms with van der Waals surface area (Å²) < 4.78 is 28.3. The van der Waals surface area contributed by atoms with E-state index in [0.29, 0.717) is 0 Å². The molecule has 2 aromatic heterocycles. The molecule has 4 aromatic rings. The van der Waals surface area contributed by atoms with Crippen LogP contribution in [0, 0.1) is 11.6 Å². The monoisotopic (exact) mass is 307 g/mol. The number of hydrogen-bond acceptors (Lipinski definition) is 2. The second-order valence-electron chi connectivity index (χ2n) is 5.14. The molecule has 2 heterocycles. The summed E-state index contributed by atoms with van der Waals surface area (Å²) in [5.74, 6) is -1.27. The van der Waals surface area contributed by atoms with E-state index in [-0.39, 0.29) is 5.69 Å². The first kappa shape index (κ1) is 13.6. The fourth-order valence-corrected chi connectivity index (χ4v) is 2.61. The minimum absolute atomic E-state index is 0.205. The van der Waals surface area contributed by atoms with Crippen molar-refractivity contribution in [2.45, 2.75) is 0 Å². The Morgan fingerprint density at radius 1 is 0.957 bits per heavy atom. The molecule has 0 N–H and O–H groups in total. The van der Waals surface area contributed by atoms with Gasteiger partial charge in [0.2, 0.25) is 0 Å². The maximum atomic E-state index is 13.9. The summed E-state index contributed by atoms with van der Waals surface area (Å²) in [6.45, 7) is 0. The molecule has 0 aliphatic heterocycles. The first-order chi connectivity index (χ1) is 11.2. The van der Waals surface area contributed by atoms with Crippen molar-refractivity contribution < 1.29 is 8.78 Å². The summed E-state index contributed by atoms with van der Waals surface area (Å²) in [6, 6.07) is 13.1. The van der Waals surface area contributed by atoms with Crippen molar-refractivity contribution in [2.24, 2.45) is 0 Å². The number of rotatable bonds is 2. The standard InChI is InChI=1S/C18H11F2N3/c19-13-5-6-18(16(20)9-13)23-11-12(10-22-23)14-7-8-21-17-4-2-1-3-15(14)17/h1-11H. The Kier molecular flexibility index (Phi) is 3.12. The first-order valence-electron chi connectivity index (χ1n) is 7.06. The largest absolute Gasteiger partial charge is 0.256 e. The van der Waals surface area contributed by atoms with Crippen LogP contribution < -0.4 is 0 Å². The van der Waals surface area contributed by atoms with Crippen LogP contribution in [0.4, 0.5) is 8.78 Å². The molecular formula is C18H11F2N3. The van der Waals surface area contributed by atoms with Gasteiger partial charge in [0.25, 0.3) is 0 Å². The van der Waals surface area contributed by atoms with Crippen LogP contribution in [0.15, 0.2) is 67.1 Å². The maximum Gasteiger partial charge on any atom is 0.151 e. The summed E-state index contributed by atoms with van der Waals surface area (Å²) in [5, 5.41) is 5.19. The lowest BCUT2D eigenvalue weighted by atomic mass is 10.0. The Morgan fingerprint density at radius 3 is 2.70 bits per heavy atom. The van der Waals surface area contributed by atoms with Crippen LogP contribution in [-0.2, 0) is 0 Å². The lowest BCUT2D eigenvalue weighted by Gasteiger charge is -2.04. The zero-order valence-electron chi connectivity index (χ0n) is 11.9. The summed E-state index contributed by atoms with van der Waals surface area (Å²) in [4.78, 5) is 4.33. The van der Waals surface area contributed by atoms with Crippen molar-refractivity contribution in [1.29, 1.82) is 0 Å². The molecule has 0 atom stereocenters. The molecule has 0 unspecified atom stereocenters. The molecule has 0 amide bonds. The minimum atomic E-state index is -0.653. The van der Waals surface area contributed by atoms with Gasteiger partial charge in [-0.3, -0.25) is 4.98 Å². The summed E-state index contributed by atoms with van der Waals surface area (Å²) in [5.41, 5.74) is 2.89. The van der Waals surface area contributed by atoms with Gasteiger partial charge in [0.1, 0.15) is 11.5 Å². The van der Waals surface area contributed by atoms with Crippen LogP contribution in [-0.4, -0.2) is 14.8 Å². The van der Waals surface area contributed by atoms with Gasteiger partial charge in [-0.1, -0.05) is 18.2 Å². The highest BCUT2D eigenvalue weighted by Crippen LogP contribution is 2.27. The number of benzene rings is 2. The second kappa shape index (κ2) is 5.28. The first-order valence-corrected chi connectivity index (χ1v) is 7.06. The fourth-order valence-electron chi connectivity index (χ4n) is 2.61. The number of para-hydroxylation sites is 1. The fraction of sp³-hybridized carbons (Fsp3) is 0. The van der Waals surface area contributed by atoms with Crippen LogP contribution in [0.1, 0.15) is 0 Å². The zero-order chi connectivity index (χ0) is 15.8. The molecule has 5 heteroatoms. The van der Waals surface area contributed by atoms with Gasteiger partial charge >= 0.3 is 0 Å². The molecule has 2 aromatic carbocycles. The van der Waals surface area contributed by atoms with Crippen molar-refractivity contribution in [3.8, 4) is 16.8 Å². The molecule has 0 bridgehead atoms. The highest BCUT2D eigenvalue weighted by Gasteiger charge is 2.10. The minimum Gasteiger partial charge on any atom is -0.256 e. The lowest BCUT2D eigenvalue weighted by molar-refractivity contribution is 0.573. The molecule has 23 heavy (non-hydrogen) atoms. The topological polar surface area (TPSA) is 30.7 Å². The Labute approximate surface area is 130 Å². The Balaban J connectivity index is 1.84. The van der Waals surface area contributed by atoms with Gasteiger partial charge in [-0.05, 0) is 29.8 Å². The average molecular weight is 307 g/mol. The van der Waals surface area contributed by atoms with E-state index in [4.69, 9.17) is 0 Å². The van der Waals surface area contributed by atoms with Gasteiger partial charge in [-0.15, -0.1) is 0 Å². The number of hydrogen-bond donors (Lipinski definition) is 0. The van der Waals surface area contributed by atoms with Crippen molar-refractivity contribution >= 4 is 10.9 Å². The zero-order valence-corrected chi connectivity index (χ0v) is 11.9. The highest BCUT2D eigenvalue weighted by molar-refractivity contribution is 5.93. The smallest absolute Gasteiger partial charge is 0.151 e. The van der Waals surface area contributed by atoms with E-state index in [1.165, 1.54) is 16.8 Å². The Hall–Kier alpha value is -3.08. The number of halogens is 2. The third-order valence-electron chi connectivity index (χ3n) is 3.70. The second-order valence-corrected chi connectivity index (χ2v) is 5.14. The molecular weight excluding hydrogens is 296 g/mol. The van der Waals surface area contributed by atoms with Crippen LogP contribution in [0.3, 0.4) is 0 Å². The van der Waals surface area contributed by atoms with Gasteiger partial charge in [-0.2, -0.15) is 5.10 Å². The van der Waals surface area contributed by atoms with Crippen molar-refractivity contribution in [1.82, 2.24) is 14.8 Å². The Bertz CT molecular complexity index is 1000. The van der Waals surface area contributed by atoms with Gasteiger partial charge in [0, 0.05) is 29.4 Å². The van der Waals surface area contributed by atoms with E-state index in [9.17, 15) is 8.78 Å². The average Bonchev–Trinajstić information content (AvgIpc) is 3.04. The number of nitrogens with zero attached hydrogens (tertiary/aromatic N) is 3. The molecule has 0 radical (unpaired) electrons. The van der Waals surface area contributed by atoms with Crippen molar-refractivity contribution in [2.75, 3.05) is 0 Å². The summed E-state index contributed by atoms with van der Waals surface area (Å²) in [6.07, 6.45) is 5.11. The third-order valence-corrected chi connectivity index (χ3v) is 3.70. The molecule has 3 nitrogen and oxygen atoms in total. The van der Waals surface area contributed by atoms with E-state index in [2.05, 4.69) is 10.1 Å². The van der Waals surface area contributed by atoms with Gasteiger partial charge < -0.3 is 0 Å². The number of fused-ring (bicyclic) bond motifs is 1. The molecule has 112 valence electrons.